The van der Waals surface area contributed by atoms with Crippen LogP contribution in [0.3, 0.4) is 0 Å². The second-order valence-electron chi connectivity index (χ2n) is 9.59. The SMILES string of the molecule is Cc1cc(C)c(N2CC(Oc3c(C)cccc3C)N(c3c(C)cc(C)cc3C)C2=N)c(C)c1. The van der Waals surface area contributed by atoms with Gasteiger partial charge in [-0.05, 0) is 88.8 Å². The summed E-state index contributed by atoms with van der Waals surface area (Å²) in [5, 5.41) is 9.31. The molecule has 1 aliphatic heterocycles. The van der Waals surface area contributed by atoms with Crippen LogP contribution in [0, 0.1) is 60.8 Å². The van der Waals surface area contributed by atoms with Gasteiger partial charge in [0.15, 0.2) is 6.23 Å². The second kappa shape index (κ2) is 8.58. The summed E-state index contributed by atoms with van der Waals surface area (Å²) in [7, 11) is 0. The van der Waals surface area contributed by atoms with Gasteiger partial charge in [0.25, 0.3) is 0 Å². The van der Waals surface area contributed by atoms with Crippen molar-refractivity contribution in [2.24, 2.45) is 0 Å². The zero-order valence-electron chi connectivity index (χ0n) is 21.1. The van der Waals surface area contributed by atoms with Crippen LogP contribution in [0.2, 0.25) is 0 Å². The number of hydrogen-bond acceptors (Lipinski definition) is 2. The molecule has 0 saturated carbocycles. The minimum Gasteiger partial charge on any atom is -0.468 e. The minimum atomic E-state index is -0.308. The van der Waals surface area contributed by atoms with Gasteiger partial charge in [0, 0.05) is 5.69 Å². The lowest BCUT2D eigenvalue weighted by molar-refractivity contribution is 0.227. The van der Waals surface area contributed by atoms with E-state index in [1.807, 2.05) is 0 Å². The van der Waals surface area contributed by atoms with Gasteiger partial charge >= 0.3 is 0 Å². The molecule has 1 aliphatic rings. The number of aryl methyl sites for hydroxylation is 8. The van der Waals surface area contributed by atoms with E-state index >= 15 is 0 Å². The minimum absolute atomic E-state index is 0.308. The first-order valence-corrected chi connectivity index (χ1v) is 11.6. The van der Waals surface area contributed by atoms with Crippen LogP contribution in [-0.2, 0) is 0 Å². The number of guanidine groups is 1. The van der Waals surface area contributed by atoms with E-state index in [-0.39, 0.29) is 6.23 Å². The highest BCUT2D eigenvalue weighted by molar-refractivity contribution is 6.09. The summed E-state index contributed by atoms with van der Waals surface area (Å²) >= 11 is 0. The highest BCUT2D eigenvalue weighted by Gasteiger charge is 2.40. The van der Waals surface area contributed by atoms with Gasteiger partial charge in [-0.3, -0.25) is 10.3 Å². The van der Waals surface area contributed by atoms with E-state index in [0.717, 1.165) is 39.4 Å². The van der Waals surface area contributed by atoms with Gasteiger partial charge in [0.05, 0.1) is 12.2 Å². The number of ether oxygens (including phenoxy) is 1. The number of nitrogens with zero attached hydrogens (tertiary/aromatic N) is 2. The molecule has 0 bridgehead atoms. The van der Waals surface area contributed by atoms with Crippen LogP contribution < -0.4 is 14.5 Å². The highest BCUT2D eigenvalue weighted by atomic mass is 16.5. The van der Waals surface area contributed by atoms with Crippen LogP contribution >= 0.6 is 0 Å². The van der Waals surface area contributed by atoms with Gasteiger partial charge < -0.3 is 9.64 Å². The fourth-order valence-corrected chi connectivity index (χ4v) is 5.40. The van der Waals surface area contributed by atoms with Crippen molar-refractivity contribution in [1.82, 2.24) is 0 Å². The molecular weight excluding hydrogens is 406 g/mol. The molecule has 4 heteroatoms. The van der Waals surface area contributed by atoms with E-state index in [2.05, 4.69) is 108 Å². The monoisotopic (exact) mass is 441 g/mol. The molecule has 1 heterocycles. The molecule has 172 valence electrons. The van der Waals surface area contributed by atoms with E-state index in [0.29, 0.717) is 12.5 Å². The van der Waals surface area contributed by atoms with Gasteiger partial charge in [0.2, 0.25) is 5.96 Å². The van der Waals surface area contributed by atoms with Gasteiger partial charge in [-0.1, -0.05) is 53.6 Å². The number of nitrogens with one attached hydrogen (secondary N) is 1. The number of benzene rings is 3. The molecule has 1 N–H and O–H groups in total. The van der Waals surface area contributed by atoms with E-state index in [1.54, 1.807) is 0 Å². The summed E-state index contributed by atoms with van der Waals surface area (Å²) in [5.41, 5.74) is 11.5. The van der Waals surface area contributed by atoms with Crippen molar-refractivity contribution in [2.45, 2.75) is 61.6 Å². The molecule has 4 rings (SSSR count). The Balaban J connectivity index is 1.85. The summed E-state index contributed by atoms with van der Waals surface area (Å²) in [6.07, 6.45) is -0.308. The lowest BCUT2D eigenvalue weighted by Crippen LogP contribution is -2.40. The standard InChI is InChI=1S/C29H35N3O/c1-17-12-21(5)26(22(6)13-17)31-16-25(33-28-19(3)10-9-11-20(28)4)32(29(31)30)27-23(7)14-18(2)15-24(27)8/h9-15,25,30H,16H2,1-8H3. The van der Waals surface area contributed by atoms with Crippen LogP contribution in [0.1, 0.15) is 44.5 Å². The van der Waals surface area contributed by atoms with Gasteiger partial charge in [-0.2, -0.15) is 0 Å². The number of rotatable bonds is 4. The molecule has 3 aromatic carbocycles. The molecule has 33 heavy (non-hydrogen) atoms. The maximum absolute atomic E-state index is 9.31. The predicted molar refractivity (Wildman–Crippen MR) is 139 cm³/mol. The van der Waals surface area contributed by atoms with E-state index in [1.165, 1.54) is 22.3 Å². The Bertz CT molecular complexity index is 1180. The molecule has 0 radical (unpaired) electrons. The zero-order chi connectivity index (χ0) is 24.0. The molecule has 1 unspecified atom stereocenters. The van der Waals surface area contributed by atoms with Crippen molar-refractivity contribution in [3.8, 4) is 5.75 Å². The van der Waals surface area contributed by atoms with Crippen LogP contribution in [0.15, 0.2) is 42.5 Å². The summed E-state index contributed by atoms with van der Waals surface area (Å²) in [5.74, 6) is 1.36. The normalized spacial score (nSPS) is 16.0. The molecule has 3 aromatic rings. The van der Waals surface area contributed by atoms with Crippen LogP contribution in [0.4, 0.5) is 11.4 Å². The Morgan fingerprint density at radius 2 is 1.15 bits per heavy atom. The number of hydrogen-bond donors (Lipinski definition) is 1. The third-order valence-corrected chi connectivity index (χ3v) is 6.55. The highest BCUT2D eigenvalue weighted by Crippen LogP contribution is 2.38. The van der Waals surface area contributed by atoms with E-state index < -0.39 is 0 Å². The van der Waals surface area contributed by atoms with E-state index in [9.17, 15) is 5.41 Å². The molecule has 1 atom stereocenters. The van der Waals surface area contributed by atoms with Crippen molar-refractivity contribution in [3.05, 3.63) is 87.0 Å². The first-order chi connectivity index (χ1) is 15.6. The Morgan fingerprint density at radius 3 is 1.64 bits per heavy atom. The quantitative estimate of drug-likeness (QED) is 0.483. The fraction of sp³-hybridized carbons (Fsp3) is 0.345. The van der Waals surface area contributed by atoms with E-state index in [4.69, 9.17) is 4.74 Å². The van der Waals surface area contributed by atoms with Gasteiger partial charge in [-0.15, -0.1) is 0 Å². The first kappa shape index (κ1) is 22.9. The Hall–Kier alpha value is -3.27. The van der Waals surface area contributed by atoms with Crippen molar-refractivity contribution >= 4 is 17.3 Å². The van der Waals surface area contributed by atoms with Crippen LogP contribution in [0.5, 0.6) is 5.75 Å². The Labute approximate surface area is 198 Å². The van der Waals surface area contributed by atoms with Crippen molar-refractivity contribution in [3.63, 3.8) is 0 Å². The molecule has 0 spiro atoms. The number of anilines is 2. The molecule has 4 nitrogen and oxygen atoms in total. The Kier molecular flexibility index (Phi) is 5.96. The Morgan fingerprint density at radius 1 is 0.697 bits per heavy atom. The summed E-state index contributed by atoms with van der Waals surface area (Å²) < 4.78 is 6.71. The van der Waals surface area contributed by atoms with Crippen molar-refractivity contribution in [2.75, 3.05) is 16.3 Å². The smallest absolute Gasteiger partial charge is 0.206 e. The third kappa shape index (κ3) is 4.10. The molecular formula is C29H35N3O. The largest absolute Gasteiger partial charge is 0.468 e. The number of para-hydroxylation sites is 1. The van der Waals surface area contributed by atoms with Crippen LogP contribution in [-0.4, -0.2) is 18.7 Å². The fourth-order valence-electron chi connectivity index (χ4n) is 5.40. The third-order valence-electron chi connectivity index (χ3n) is 6.55. The average molecular weight is 442 g/mol. The summed E-state index contributed by atoms with van der Waals surface area (Å²) in [6, 6.07) is 15.0. The maximum atomic E-state index is 9.31. The predicted octanol–water partition coefficient (Wildman–Crippen LogP) is 6.82. The van der Waals surface area contributed by atoms with Gasteiger partial charge in [0.1, 0.15) is 5.75 Å². The lowest BCUT2D eigenvalue weighted by atomic mass is 10.0. The second-order valence-corrected chi connectivity index (χ2v) is 9.59. The zero-order valence-corrected chi connectivity index (χ0v) is 21.1. The maximum Gasteiger partial charge on any atom is 0.206 e. The average Bonchev–Trinajstić information content (AvgIpc) is 2.99. The van der Waals surface area contributed by atoms with Crippen LogP contribution in [0.25, 0.3) is 0 Å². The summed E-state index contributed by atoms with van der Waals surface area (Å²) in [4.78, 5) is 4.19. The molecule has 1 fully saturated rings. The lowest BCUT2D eigenvalue weighted by Gasteiger charge is -2.30. The summed E-state index contributed by atoms with van der Waals surface area (Å²) in [6.45, 7) is 17.5. The van der Waals surface area contributed by atoms with Gasteiger partial charge in [-0.25, -0.2) is 0 Å². The molecule has 1 saturated heterocycles. The first-order valence-electron chi connectivity index (χ1n) is 11.6. The molecule has 0 amide bonds. The molecule has 0 aliphatic carbocycles. The molecule has 0 aromatic heterocycles. The topological polar surface area (TPSA) is 39.6 Å². The van der Waals surface area contributed by atoms with Crippen molar-refractivity contribution in [1.29, 1.82) is 5.41 Å². The van der Waals surface area contributed by atoms with Crippen molar-refractivity contribution < 1.29 is 4.74 Å².